The lowest BCUT2D eigenvalue weighted by atomic mass is 9.84. The van der Waals surface area contributed by atoms with Crippen molar-refractivity contribution in [1.29, 1.82) is 0 Å². The number of fused-ring (bicyclic) bond motifs is 5. The zero-order chi connectivity index (χ0) is 25.8. The molecule has 7 aromatic carbocycles. The maximum Gasteiger partial charge on any atom is -0.000728 e. The van der Waals surface area contributed by atoms with Crippen LogP contribution in [0.2, 0.25) is 0 Å². The molecule has 0 nitrogen and oxygen atoms in total. The van der Waals surface area contributed by atoms with Gasteiger partial charge in [-0.1, -0.05) is 146 Å². The van der Waals surface area contributed by atoms with E-state index in [1.54, 1.807) is 0 Å². The molecule has 0 atom stereocenters. The zero-order valence-corrected chi connectivity index (χ0v) is 21.6. The van der Waals surface area contributed by atoms with Gasteiger partial charge in [-0.3, -0.25) is 0 Å². The highest BCUT2D eigenvalue weighted by atomic mass is 14.3. The summed E-state index contributed by atoms with van der Waals surface area (Å²) in [7, 11) is 0. The van der Waals surface area contributed by atoms with Crippen LogP contribution in [0.15, 0.2) is 146 Å². The predicted octanol–water partition coefficient (Wildman–Crippen LogP) is 10.6. The molecule has 39 heavy (non-hydrogen) atoms. The van der Waals surface area contributed by atoms with Gasteiger partial charge in [0.1, 0.15) is 0 Å². The second-order valence-electron chi connectivity index (χ2n) is 10.5. The van der Waals surface area contributed by atoms with Crippen molar-refractivity contribution < 1.29 is 0 Å². The van der Waals surface area contributed by atoms with Gasteiger partial charge in [-0.15, -0.1) is 0 Å². The van der Waals surface area contributed by atoms with E-state index < -0.39 is 0 Å². The van der Waals surface area contributed by atoms with E-state index in [2.05, 4.69) is 146 Å². The highest BCUT2D eigenvalue weighted by molar-refractivity contribution is 6.22. The van der Waals surface area contributed by atoms with E-state index in [0.29, 0.717) is 0 Å². The Morgan fingerprint density at radius 1 is 0.308 bits per heavy atom. The molecule has 0 bridgehead atoms. The van der Waals surface area contributed by atoms with Gasteiger partial charge < -0.3 is 0 Å². The van der Waals surface area contributed by atoms with E-state index in [1.165, 1.54) is 77.2 Å². The van der Waals surface area contributed by atoms with Crippen molar-refractivity contribution in [2.45, 2.75) is 6.42 Å². The minimum absolute atomic E-state index is 0.979. The topological polar surface area (TPSA) is 0 Å². The van der Waals surface area contributed by atoms with Crippen molar-refractivity contribution in [2.75, 3.05) is 0 Å². The molecule has 0 aromatic heterocycles. The average molecular weight is 495 g/mol. The second-order valence-corrected chi connectivity index (χ2v) is 10.5. The Morgan fingerprint density at radius 2 is 0.795 bits per heavy atom. The van der Waals surface area contributed by atoms with Crippen molar-refractivity contribution >= 4 is 21.5 Å². The van der Waals surface area contributed by atoms with E-state index in [1.807, 2.05) is 0 Å². The van der Waals surface area contributed by atoms with Gasteiger partial charge in [0.15, 0.2) is 0 Å². The summed E-state index contributed by atoms with van der Waals surface area (Å²) in [5, 5.41) is 5.21. The number of rotatable bonds is 3. The third-order valence-corrected chi connectivity index (χ3v) is 8.33. The number of benzene rings is 7. The fourth-order valence-electron chi connectivity index (χ4n) is 6.58. The van der Waals surface area contributed by atoms with Crippen LogP contribution in [0.5, 0.6) is 0 Å². The smallest absolute Gasteiger partial charge is 0.000728 e. The molecule has 0 radical (unpaired) electrons. The highest BCUT2D eigenvalue weighted by Gasteiger charge is 2.24. The molecule has 182 valence electrons. The molecule has 0 spiro atoms. The lowest BCUT2D eigenvalue weighted by molar-refractivity contribution is 1.27. The zero-order valence-electron chi connectivity index (χ0n) is 21.6. The minimum Gasteiger partial charge on any atom is -0.0622 e. The summed E-state index contributed by atoms with van der Waals surface area (Å²) in [4.78, 5) is 0. The standard InChI is InChI=1S/C39H26/c1-2-11-26(12-3-1)27-21-23-28(24-22-27)38-32-15-6-8-17-34(32)39(35-18-9-7-16-33(35)38)36-20-10-19-31-30-14-5-4-13-29(30)25-37(31)36/h1-24H,25H2. The van der Waals surface area contributed by atoms with Crippen molar-refractivity contribution in [2.24, 2.45) is 0 Å². The van der Waals surface area contributed by atoms with Crippen LogP contribution in [0.25, 0.3) is 66.1 Å². The molecular weight excluding hydrogens is 468 g/mol. The van der Waals surface area contributed by atoms with Crippen molar-refractivity contribution in [3.8, 4) is 44.5 Å². The summed E-state index contributed by atoms with van der Waals surface area (Å²) in [6, 6.07) is 53.3. The normalized spacial score (nSPS) is 12.0. The first-order valence-electron chi connectivity index (χ1n) is 13.7. The Balaban J connectivity index is 1.39. The summed E-state index contributed by atoms with van der Waals surface area (Å²) in [6.07, 6.45) is 0.979. The van der Waals surface area contributed by atoms with Gasteiger partial charge in [0, 0.05) is 0 Å². The Kier molecular flexibility index (Phi) is 5.00. The maximum absolute atomic E-state index is 2.33. The molecule has 0 fully saturated rings. The first-order chi connectivity index (χ1) is 19.4. The van der Waals surface area contributed by atoms with Gasteiger partial charge in [-0.2, -0.15) is 0 Å². The summed E-state index contributed by atoms with van der Waals surface area (Å²) >= 11 is 0. The first-order valence-corrected chi connectivity index (χ1v) is 13.7. The number of hydrogen-bond donors (Lipinski definition) is 0. The molecule has 0 amide bonds. The SMILES string of the molecule is c1ccc(-c2ccc(-c3c4ccccc4c(-c4cccc5c4Cc4ccccc4-5)c4ccccc34)cc2)cc1. The minimum atomic E-state index is 0.979. The predicted molar refractivity (Wildman–Crippen MR) is 166 cm³/mol. The monoisotopic (exact) mass is 494 g/mol. The van der Waals surface area contributed by atoms with Crippen molar-refractivity contribution in [3.63, 3.8) is 0 Å². The molecule has 0 unspecified atom stereocenters. The molecule has 0 N–H and O–H groups in total. The Morgan fingerprint density at radius 3 is 1.49 bits per heavy atom. The van der Waals surface area contributed by atoms with Crippen molar-refractivity contribution in [1.82, 2.24) is 0 Å². The van der Waals surface area contributed by atoms with Gasteiger partial charge in [0.25, 0.3) is 0 Å². The Hall–Kier alpha value is -4.94. The van der Waals surface area contributed by atoms with Crippen LogP contribution >= 0.6 is 0 Å². The van der Waals surface area contributed by atoms with Crippen LogP contribution in [-0.2, 0) is 6.42 Å². The van der Waals surface area contributed by atoms with Crippen LogP contribution in [0.3, 0.4) is 0 Å². The van der Waals surface area contributed by atoms with Gasteiger partial charge in [0.2, 0.25) is 0 Å². The largest absolute Gasteiger partial charge is 0.0622 e. The Bertz CT molecular complexity index is 1950. The van der Waals surface area contributed by atoms with E-state index in [0.717, 1.165) is 6.42 Å². The van der Waals surface area contributed by atoms with E-state index >= 15 is 0 Å². The molecule has 0 heterocycles. The number of hydrogen-bond acceptors (Lipinski definition) is 0. The van der Waals surface area contributed by atoms with E-state index in [-0.39, 0.29) is 0 Å². The third kappa shape index (κ3) is 3.46. The fraction of sp³-hybridized carbons (Fsp3) is 0.0256. The summed E-state index contributed by atoms with van der Waals surface area (Å²) < 4.78 is 0. The maximum atomic E-state index is 2.33. The van der Waals surface area contributed by atoms with Gasteiger partial charge in [0.05, 0.1) is 0 Å². The third-order valence-electron chi connectivity index (χ3n) is 8.33. The molecule has 0 saturated carbocycles. The van der Waals surface area contributed by atoms with Gasteiger partial charge >= 0.3 is 0 Å². The highest BCUT2D eigenvalue weighted by Crippen LogP contribution is 2.48. The summed E-state index contributed by atoms with van der Waals surface area (Å²) in [6.45, 7) is 0. The quantitative estimate of drug-likeness (QED) is 0.214. The second kappa shape index (κ2) is 8.82. The molecule has 1 aliphatic carbocycles. The van der Waals surface area contributed by atoms with Gasteiger partial charge in [-0.05, 0) is 83.6 Å². The molecule has 7 aromatic rings. The van der Waals surface area contributed by atoms with Crippen LogP contribution in [-0.4, -0.2) is 0 Å². The van der Waals surface area contributed by atoms with Crippen LogP contribution in [0.1, 0.15) is 11.1 Å². The summed E-state index contributed by atoms with van der Waals surface area (Å²) in [5.74, 6) is 0. The molecule has 0 aliphatic heterocycles. The fourth-order valence-corrected chi connectivity index (χ4v) is 6.58. The molecular formula is C39H26. The van der Waals surface area contributed by atoms with Crippen LogP contribution in [0.4, 0.5) is 0 Å². The van der Waals surface area contributed by atoms with Gasteiger partial charge in [-0.25, -0.2) is 0 Å². The lowest BCUT2D eigenvalue weighted by Crippen LogP contribution is -1.94. The van der Waals surface area contributed by atoms with Crippen LogP contribution in [0, 0.1) is 0 Å². The Labute approximate surface area is 228 Å². The van der Waals surface area contributed by atoms with E-state index in [4.69, 9.17) is 0 Å². The van der Waals surface area contributed by atoms with Crippen LogP contribution < -0.4 is 0 Å². The first kappa shape index (κ1) is 22.1. The molecule has 0 heteroatoms. The van der Waals surface area contributed by atoms with E-state index in [9.17, 15) is 0 Å². The molecule has 8 rings (SSSR count). The molecule has 1 aliphatic rings. The van der Waals surface area contributed by atoms with Crippen molar-refractivity contribution in [3.05, 3.63) is 157 Å². The molecule has 0 saturated heterocycles. The summed E-state index contributed by atoms with van der Waals surface area (Å²) in [5.41, 5.74) is 13.3. The average Bonchev–Trinajstić information content (AvgIpc) is 3.40. The lowest BCUT2D eigenvalue weighted by Gasteiger charge is -2.19.